The quantitative estimate of drug-likeness (QED) is 0.833. The first-order chi connectivity index (χ1) is 11.7. The van der Waals surface area contributed by atoms with Gasteiger partial charge in [-0.15, -0.1) is 0 Å². The molecule has 1 aliphatic rings. The Morgan fingerprint density at radius 2 is 1.88 bits per heavy atom. The van der Waals surface area contributed by atoms with E-state index >= 15 is 0 Å². The summed E-state index contributed by atoms with van der Waals surface area (Å²) in [6.45, 7) is 3.29. The van der Waals surface area contributed by atoms with Crippen LogP contribution in [0.25, 0.3) is 5.95 Å². The van der Waals surface area contributed by atoms with Crippen molar-refractivity contribution >= 4 is 5.82 Å². The minimum Gasteiger partial charge on any atom is -0.367 e. The second kappa shape index (κ2) is 6.61. The molecule has 0 unspecified atom stereocenters. The fourth-order valence-electron chi connectivity index (χ4n) is 2.91. The molecule has 0 spiro atoms. The smallest absolute Gasteiger partial charge is 0.282 e. The van der Waals surface area contributed by atoms with E-state index in [2.05, 4.69) is 20.4 Å². The molecule has 0 atom stereocenters. The summed E-state index contributed by atoms with van der Waals surface area (Å²) in [5.74, 6) is -1.95. The van der Waals surface area contributed by atoms with Crippen LogP contribution in [0.3, 0.4) is 0 Å². The van der Waals surface area contributed by atoms with Gasteiger partial charge in [0.25, 0.3) is 12.4 Å². The lowest BCUT2D eigenvalue weighted by molar-refractivity contribution is -0.0361. The second-order valence-corrected chi connectivity index (χ2v) is 6.41. The second-order valence-electron chi connectivity index (χ2n) is 6.41. The molecule has 9 heteroatoms. The fourth-order valence-corrected chi connectivity index (χ4v) is 2.91. The van der Waals surface area contributed by atoms with Gasteiger partial charge >= 0.3 is 0 Å². The van der Waals surface area contributed by atoms with E-state index in [9.17, 15) is 17.6 Å². The zero-order chi connectivity index (χ0) is 18.2. The van der Waals surface area contributed by atoms with Crippen LogP contribution < -0.4 is 5.32 Å². The molecule has 0 bridgehead atoms. The first-order valence-corrected chi connectivity index (χ1v) is 8.08. The third kappa shape index (κ3) is 4.08. The molecule has 25 heavy (non-hydrogen) atoms. The maximum atomic E-state index is 13.2. The van der Waals surface area contributed by atoms with E-state index in [0.29, 0.717) is 29.9 Å². The summed E-state index contributed by atoms with van der Waals surface area (Å²) in [6, 6.07) is 1.60. The van der Waals surface area contributed by atoms with Crippen LogP contribution in [-0.2, 0) is 0 Å². The number of aromatic nitrogens is 4. The maximum absolute atomic E-state index is 13.2. The fraction of sp³-hybridized carbons (Fsp3) is 0.562. The predicted molar refractivity (Wildman–Crippen MR) is 84.4 cm³/mol. The summed E-state index contributed by atoms with van der Waals surface area (Å²) >= 11 is 0. The zero-order valence-corrected chi connectivity index (χ0v) is 13.9. The molecule has 0 radical (unpaired) electrons. The molecule has 0 saturated heterocycles. The monoisotopic (exact) mass is 357 g/mol. The van der Waals surface area contributed by atoms with E-state index in [4.69, 9.17) is 0 Å². The molecule has 1 saturated carbocycles. The van der Waals surface area contributed by atoms with Gasteiger partial charge in [0.05, 0.1) is 0 Å². The van der Waals surface area contributed by atoms with Crippen molar-refractivity contribution in [2.75, 3.05) is 5.32 Å². The molecule has 136 valence electrons. The van der Waals surface area contributed by atoms with Crippen LogP contribution in [0, 0.1) is 13.8 Å². The largest absolute Gasteiger partial charge is 0.367 e. The number of anilines is 1. The van der Waals surface area contributed by atoms with Crippen LogP contribution in [-0.4, -0.2) is 31.7 Å². The van der Waals surface area contributed by atoms with Crippen molar-refractivity contribution in [1.82, 2.24) is 19.7 Å². The normalized spacial score (nSPS) is 17.9. The summed E-state index contributed by atoms with van der Waals surface area (Å²) in [6.07, 6.45) is -0.840. The molecule has 0 aromatic carbocycles. The lowest BCUT2D eigenvalue weighted by atomic mass is 9.92. The Bertz CT molecular complexity index is 749. The number of nitrogens with zero attached hydrogens (tertiary/aromatic N) is 4. The molecule has 3 rings (SSSR count). The van der Waals surface area contributed by atoms with Gasteiger partial charge in [-0.3, -0.25) is 0 Å². The highest BCUT2D eigenvalue weighted by atomic mass is 19.3. The minimum absolute atomic E-state index is 0.0993. The SMILES string of the molecule is Cc1cc(NC2CCC(F)(F)CC2)nc(-n2cc(C)c(C(F)F)n2)n1. The molecule has 1 fully saturated rings. The van der Waals surface area contributed by atoms with E-state index in [1.165, 1.54) is 10.9 Å². The van der Waals surface area contributed by atoms with Crippen molar-refractivity contribution < 1.29 is 17.6 Å². The molecule has 1 N–H and O–H groups in total. The molecular weight excluding hydrogens is 338 g/mol. The topological polar surface area (TPSA) is 55.6 Å². The lowest BCUT2D eigenvalue weighted by Gasteiger charge is -2.29. The standard InChI is InChI=1S/C16H19F4N5/c1-9-8-25(24-13(9)14(17)18)15-21-10(2)7-12(23-15)22-11-3-5-16(19,20)6-4-11/h7-8,11,14H,3-6H2,1-2H3,(H,21,22,23). The summed E-state index contributed by atoms with van der Waals surface area (Å²) in [7, 11) is 0. The lowest BCUT2D eigenvalue weighted by Crippen LogP contribution is -2.32. The molecule has 1 aliphatic carbocycles. The van der Waals surface area contributed by atoms with Crippen LogP contribution in [0.2, 0.25) is 0 Å². The molecule has 2 aromatic rings. The summed E-state index contributed by atoms with van der Waals surface area (Å²) in [4.78, 5) is 8.51. The van der Waals surface area contributed by atoms with Crippen LogP contribution in [0.5, 0.6) is 0 Å². The van der Waals surface area contributed by atoms with Gasteiger partial charge in [-0.05, 0) is 32.3 Å². The zero-order valence-electron chi connectivity index (χ0n) is 13.9. The number of aryl methyl sites for hydroxylation is 2. The Morgan fingerprint density at radius 1 is 1.20 bits per heavy atom. The van der Waals surface area contributed by atoms with Gasteiger partial charge in [0.1, 0.15) is 11.5 Å². The first kappa shape index (κ1) is 17.6. The molecule has 0 aliphatic heterocycles. The Hall–Kier alpha value is -2.19. The number of nitrogens with one attached hydrogen (secondary N) is 1. The highest BCUT2D eigenvalue weighted by Crippen LogP contribution is 2.34. The number of hydrogen-bond donors (Lipinski definition) is 1. The maximum Gasteiger partial charge on any atom is 0.282 e. The van der Waals surface area contributed by atoms with Crippen molar-refractivity contribution in [2.24, 2.45) is 0 Å². The van der Waals surface area contributed by atoms with Gasteiger partial charge in [0.2, 0.25) is 5.92 Å². The van der Waals surface area contributed by atoms with Crippen molar-refractivity contribution in [3.05, 3.63) is 29.2 Å². The summed E-state index contributed by atoms with van der Waals surface area (Å²) < 4.78 is 53.5. The van der Waals surface area contributed by atoms with Gasteiger partial charge in [0.15, 0.2) is 0 Å². The third-order valence-electron chi connectivity index (χ3n) is 4.26. The molecule has 0 amide bonds. The van der Waals surface area contributed by atoms with Crippen molar-refractivity contribution in [3.8, 4) is 5.95 Å². The number of rotatable bonds is 4. The number of hydrogen-bond acceptors (Lipinski definition) is 4. The van der Waals surface area contributed by atoms with Crippen molar-refractivity contribution in [1.29, 1.82) is 0 Å². The van der Waals surface area contributed by atoms with Crippen molar-refractivity contribution in [3.63, 3.8) is 0 Å². The molecule has 5 nitrogen and oxygen atoms in total. The van der Waals surface area contributed by atoms with Crippen LogP contribution in [0.15, 0.2) is 12.3 Å². The number of alkyl halides is 4. The van der Waals surface area contributed by atoms with E-state index in [1.807, 2.05) is 0 Å². The molecule has 2 heterocycles. The molecule has 2 aromatic heterocycles. The average molecular weight is 357 g/mol. The Balaban J connectivity index is 1.80. The highest BCUT2D eigenvalue weighted by Gasteiger charge is 2.35. The van der Waals surface area contributed by atoms with Crippen molar-refractivity contribution in [2.45, 2.75) is 57.9 Å². The summed E-state index contributed by atoms with van der Waals surface area (Å²) in [5, 5.41) is 6.98. The van der Waals surface area contributed by atoms with E-state index in [-0.39, 0.29) is 30.5 Å². The number of halogens is 4. The van der Waals surface area contributed by atoms with Gasteiger partial charge < -0.3 is 5.32 Å². The third-order valence-corrected chi connectivity index (χ3v) is 4.26. The van der Waals surface area contributed by atoms with Gasteiger partial charge in [-0.25, -0.2) is 27.2 Å². The predicted octanol–water partition coefficient (Wildman–Crippen LogP) is 4.21. The van der Waals surface area contributed by atoms with Crippen LogP contribution >= 0.6 is 0 Å². The van der Waals surface area contributed by atoms with E-state index in [0.717, 1.165) is 0 Å². The van der Waals surface area contributed by atoms with Crippen LogP contribution in [0.4, 0.5) is 23.4 Å². The summed E-state index contributed by atoms with van der Waals surface area (Å²) in [5.41, 5.74) is 0.665. The van der Waals surface area contributed by atoms with Gasteiger partial charge in [-0.2, -0.15) is 10.1 Å². The first-order valence-electron chi connectivity index (χ1n) is 8.08. The Labute approximate surface area is 142 Å². The van der Waals surface area contributed by atoms with Gasteiger partial charge in [-0.1, -0.05) is 0 Å². The van der Waals surface area contributed by atoms with E-state index < -0.39 is 12.3 Å². The average Bonchev–Trinajstić information content (AvgIpc) is 2.91. The molecular formula is C16H19F4N5. The Morgan fingerprint density at radius 3 is 2.48 bits per heavy atom. The minimum atomic E-state index is -2.67. The van der Waals surface area contributed by atoms with Gasteiger partial charge in [0, 0.05) is 36.8 Å². The van der Waals surface area contributed by atoms with Crippen LogP contribution in [0.1, 0.15) is 49.1 Å². The highest BCUT2D eigenvalue weighted by molar-refractivity contribution is 5.40. The van der Waals surface area contributed by atoms with E-state index in [1.54, 1.807) is 19.9 Å². The Kier molecular flexibility index (Phi) is 4.66.